The number of hydrogen-bond donors (Lipinski definition) is 0. The van der Waals surface area contributed by atoms with E-state index in [9.17, 15) is 0 Å². The highest BCUT2D eigenvalue weighted by Crippen LogP contribution is 2.44. The number of pyridine rings is 2. The number of benzene rings is 10. The number of thiophene rings is 2. The van der Waals surface area contributed by atoms with Crippen LogP contribution < -0.4 is 0 Å². The fourth-order valence-electron chi connectivity index (χ4n) is 11.0. The van der Waals surface area contributed by atoms with E-state index in [-0.39, 0.29) is 0 Å². The molecule has 0 bridgehead atoms. The molecule has 0 spiro atoms. The van der Waals surface area contributed by atoms with Crippen LogP contribution >= 0.6 is 22.7 Å². The van der Waals surface area contributed by atoms with E-state index in [1.54, 1.807) is 0 Å². The molecule has 6 heteroatoms. The van der Waals surface area contributed by atoms with E-state index in [0.29, 0.717) is 5.82 Å². The van der Waals surface area contributed by atoms with Crippen LogP contribution in [0.5, 0.6) is 0 Å². The lowest BCUT2D eigenvalue weighted by molar-refractivity contribution is 1.18. The highest BCUT2D eigenvalue weighted by Gasteiger charge is 2.18. The standard InChI is InChI=1S/C70H42N4S2/c1-2-14-45(15-3-1)70-73-62(51-21-10-20-50(38-51)61-34-33-44-32-31-43-22-13-35-71-66(43)67(44)72-61)42-63(74-70)54-40-52(46-16-8-18-48(36-46)55-25-11-27-59-57-23-4-6-29-64(57)75-68(55)59)39-53(41-54)47-17-9-19-49(37-47)56-26-12-28-60-58-24-5-7-30-65(58)76-69(56)60/h1-42H. The highest BCUT2D eigenvalue weighted by molar-refractivity contribution is 7.26. The van der Waals surface area contributed by atoms with Gasteiger partial charge in [0, 0.05) is 79.6 Å². The molecular formula is C70H42N4S2. The van der Waals surface area contributed by atoms with Gasteiger partial charge in [-0.25, -0.2) is 15.0 Å². The van der Waals surface area contributed by atoms with Gasteiger partial charge in [-0.05, 0) is 111 Å². The van der Waals surface area contributed by atoms with Crippen molar-refractivity contribution in [2.24, 2.45) is 0 Å². The van der Waals surface area contributed by atoms with E-state index < -0.39 is 0 Å². The lowest BCUT2D eigenvalue weighted by Crippen LogP contribution is -1.97. The first kappa shape index (κ1) is 44.1. The molecule has 0 saturated heterocycles. The minimum atomic E-state index is 0.656. The maximum atomic E-state index is 5.43. The Morgan fingerprint density at radius 3 is 1.37 bits per heavy atom. The molecule has 0 radical (unpaired) electrons. The van der Waals surface area contributed by atoms with E-state index in [0.717, 1.165) is 83.4 Å². The Balaban J connectivity index is 0.905. The second-order valence-electron chi connectivity index (χ2n) is 19.3. The predicted octanol–water partition coefficient (Wildman–Crippen LogP) is 19.6. The SMILES string of the molecule is c1ccc(-c2nc(-c3cc(-c4cccc(-c5cccc6c5sc5ccccc56)c4)cc(-c4cccc(-c5cccc6c5sc5ccccc56)c4)c3)cc(-c3cccc(-c4ccc5ccc6cccnc6c5n4)c3)n2)cc1. The second-order valence-corrected chi connectivity index (χ2v) is 21.4. The Morgan fingerprint density at radius 1 is 0.263 bits per heavy atom. The molecule has 15 aromatic rings. The lowest BCUT2D eigenvalue weighted by atomic mass is 9.91. The van der Waals surface area contributed by atoms with Gasteiger partial charge in [0.15, 0.2) is 5.82 Å². The van der Waals surface area contributed by atoms with Gasteiger partial charge in [0.2, 0.25) is 0 Å². The maximum absolute atomic E-state index is 5.43. The Hall–Kier alpha value is -9.46. The Kier molecular flexibility index (Phi) is 10.5. The third-order valence-corrected chi connectivity index (χ3v) is 17.1. The molecule has 5 aromatic heterocycles. The molecule has 0 aliphatic heterocycles. The molecule has 0 fully saturated rings. The zero-order valence-corrected chi connectivity index (χ0v) is 42.5. The molecule has 354 valence electrons. The number of hydrogen-bond acceptors (Lipinski definition) is 6. The van der Waals surface area contributed by atoms with Crippen LogP contribution in [0.1, 0.15) is 0 Å². The van der Waals surface area contributed by atoms with Gasteiger partial charge in [-0.2, -0.15) is 0 Å². The summed E-state index contributed by atoms with van der Waals surface area (Å²) in [6.45, 7) is 0. The summed E-state index contributed by atoms with van der Waals surface area (Å²) >= 11 is 3.73. The van der Waals surface area contributed by atoms with Crippen molar-refractivity contribution in [3.63, 3.8) is 0 Å². The molecule has 10 aromatic carbocycles. The van der Waals surface area contributed by atoms with Gasteiger partial charge >= 0.3 is 0 Å². The minimum Gasteiger partial charge on any atom is -0.254 e. The quantitative estimate of drug-likeness (QED) is 0.142. The van der Waals surface area contributed by atoms with Crippen LogP contribution in [0.25, 0.3) is 152 Å². The lowest BCUT2D eigenvalue weighted by Gasteiger charge is -2.15. The summed E-state index contributed by atoms with van der Waals surface area (Å²) in [6.07, 6.45) is 1.84. The Morgan fingerprint density at radius 2 is 0.724 bits per heavy atom. The first-order chi connectivity index (χ1) is 37.6. The first-order valence-electron chi connectivity index (χ1n) is 25.5. The zero-order valence-electron chi connectivity index (χ0n) is 40.9. The molecular weight excluding hydrogens is 961 g/mol. The number of fused-ring (bicyclic) bond motifs is 9. The number of rotatable bonds is 8. The highest BCUT2D eigenvalue weighted by atomic mass is 32.1. The van der Waals surface area contributed by atoms with E-state index in [1.807, 2.05) is 53.1 Å². The van der Waals surface area contributed by atoms with Crippen molar-refractivity contribution in [1.82, 2.24) is 19.9 Å². The summed E-state index contributed by atoms with van der Waals surface area (Å²) in [7, 11) is 0. The van der Waals surface area contributed by atoms with Gasteiger partial charge in [0.1, 0.15) is 0 Å². The Labute approximate surface area is 446 Å². The average Bonchev–Trinajstić information content (AvgIpc) is 4.09. The molecule has 5 heterocycles. The van der Waals surface area contributed by atoms with Crippen molar-refractivity contribution < 1.29 is 0 Å². The monoisotopic (exact) mass is 1000 g/mol. The third-order valence-electron chi connectivity index (χ3n) is 14.7. The molecule has 15 rings (SSSR count). The largest absolute Gasteiger partial charge is 0.254 e. The maximum Gasteiger partial charge on any atom is 0.160 e. The van der Waals surface area contributed by atoms with Gasteiger partial charge in [-0.15, -0.1) is 22.7 Å². The van der Waals surface area contributed by atoms with E-state index in [2.05, 4.69) is 224 Å². The Bertz CT molecular complexity index is 4610. The molecule has 0 aliphatic carbocycles. The van der Waals surface area contributed by atoms with Gasteiger partial charge in [-0.3, -0.25) is 4.98 Å². The third kappa shape index (κ3) is 7.74. The zero-order chi connectivity index (χ0) is 50.1. The first-order valence-corrected chi connectivity index (χ1v) is 27.1. The van der Waals surface area contributed by atoms with Crippen LogP contribution in [0.3, 0.4) is 0 Å². The topological polar surface area (TPSA) is 51.6 Å². The number of nitrogens with zero attached hydrogens (tertiary/aromatic N) is 4. The predicted molar refractivity (Wildman–Crippen MR) is 322 cm³/mol. The molecule has 0 unspecified atom stereocenters. The molecule has 0 saturated carbocycles. The van der Waals surface area contributed by atoms with Gasteiger partial charge < -0.3 is 0 Å². The van der Waals surface area contributed by atoms with Crippen LogP contribution in [-0.2, 0) is 0 Å². The van der Waals surface area contributed by atoms with Crippen LogP contribution in [0.2, 0.25) is 0 Å². The fraction of sp³-hybridized carbons (Fsp3) is 0. The molecule has 0 atom stereocenters. The van der Waals surface area contributed by atoms with Crippen molar-refractivity contribution in [2.75, 3.05) is 0 Å². The van der Waals surface area contributed by atoms with Gasteiger partial charge in [0.25, 0.3) is 0 Å². The van der Waals surface area contributed by atoms with E-state index in [4.69, 9.17) is 19.9 Å². The molecule has 0 aliphatic rings. The molecule has 76 heavy (non-hydrogen) atoms. The molecule has 4 nitrogen and oxygen atoms in total. The second kappa shape index (κ2) is 18.2. The van der Waals surface area contributed by atoms with Crippen molar-refractivity contribution in [3.05, 3.63) is 255 Å². The van der Waals surface area contributed by atoms with Crippen LogP contribution in [0.4, 0.5) is 0 Å². The summed E-state index contributed by atoms with van der Waals surface area (Å²) < 4.78 is 5.20. The summed E-state index contributed by atoms with van der Waals surface area (Å²) in [4.78, 5) is 20.7. The van der Waals surface area contributed by atoms with Gasteiger partial charge in [-0.1, -0.05) is 182 Å². The summed E-state index contributed by atoms with van der Waals surface area (Å²) in [5, 5.41) is 7.30. The number of aromatic nitrogens is 4. The van der Waals surface area contributed by atoms with Crippen molar-refractivity contribution in [3.8, 4) is 89.7 Å². The minimum absolute atomic E-state index is 0.656. The van der Waals surface area contributed by atoms with E-state index in [1.165, 1.54) is 62.6 Å². The van der Waals surface area contributed by atoms with E-state index >= 15 is 0 Å². The normalized spacial score (nSPS) is 11.7. The van der Waals surface area contributed by atoms with Crippen LogP contribution in [0.15, 0.2) is 255 Å². The van der Waals surface area contributed by atoms with Crippen molar-refractivity contribution in [2.45, 2.75) is 0 Å². The van der Waals surface area contributed by atoms with Crippen molar-refractivity contribution in [1.29, 1.82) is 0 Å². The van der Waals surface area contributed by atoms with Crippen molar-refractivity contribution >= 4 is 84.8 Å². The fourth-order valence-corrected chi connectivity index (χ4v) is 13.4. The van der Waals surface area contributed by atoms with Crippen LogP contribution in [0, 0.1) is 0 Å². The summed E-state index contributed by atoms with van der Waals surface area (Å²) in [6, 6.07) is 89.4. The smallest absolute Gasteiger partial charge is 0.160 e. The van der Waals surface area contributed by atoms with Gasteiger partial charge in [0.05, 0.1) is 28.1 Å². The summed E-state index contributed by atoms with van der Waals surface area (Å²) in [5.74, 6) is 0.656. The molecule has 0 amide bonds. The van der Waals surface area contributed by atoms with Crippen LogP contribution in [-0.4, -0.2) is 19.9 Å². The summed E-state index contributed by atoms with van der Waals surface area (Å²) in [5.41, 5.74) is 17.5. The molecule has 0 N–H and O–H groups in total. The average molecular weight is 1000 g/mol.